The second-order valence-electron chi connectivity index (χ2n) is 10.8. The van der Waals surface area contributed by atoms with E-state index in [9.17, 15) is 22.8 Å². The fraction of sp³-hybridized carbons (Fsp3) is 0.538. The highest BCUT2D eigenvalue weighted by molar-refractivity contribution is 5.97. The Morgan fingerprint density at radius 2 is 1.66 bits per heavy atom. The van der Waals surface area contributed by atoms with E-state index in [1.54, 1.807) is 0 Å². The zero-order chi connectivity index (χ0) is 24.4. The van der Waals surface area contributed by atoms with Crippen LogP contribution < -0.4 is 5.32 Å². The van der Waals surface area contributed by atoms with E-state index in [0.29, 0.717) is 35.7 Å². The molecule has 2 amide bonds. The Labute approximate surface area is 201 Å². The van der Waals surface area contributed by atoms with Crippen LogP contribution >= 0.6 is 0 Å². The molecule has 1 N–H and O–H groups in total. The Hall–Kier alpha value is -2.97. The maximum atomic E-state index is 13.5. The predicted octanol–water partition coefficient (Wildman–Crippen LogP) is 4.85. The first kappa shape index (κ1) is 22.5. The van der Waals surface area contributed by atoms with E-state index >= 15 is 0 Å². The number of anilines is 1. The number of nitrogens with one attached hydrogen (secondary N) is 1. The maximum absolute atomic E-state index is 13.5. The van der Waals surface area contributed by atoms with Gasteiger partial charge >= 0.3 is 6.18 Å². The molecule has 1 aromatic heterocycles. The van der Waals surface area contributed by atoms with Gasteiger partial charge in [-0.15, -0.1) is 0 Å². The zero-order valence-electron chi connectivity index (χ0n) is 19.3. The van der Waals surface area contributed by atoms with Crippen molar-refractivity contribution in [3.63, 3.8) is 0 Å². The molecule has 6 nitrogen and oxygen atoms in total. The van der Waals surface area contributed by atoms with E-state index in [4.69, 9.17) is 0 Å². The van der Waals surface area contributed by atoms with Crippen molar-refractivity contribution in [2.24, 2.45) is 23.2 Å². The minimum atomic E-state index is -4.61. The molecule has 7 rings (SSSR count). The molecule has 4 aliphatic carbocycles. The summed E-state index contributed by atoms with van der Waals surface area (Å²) in [5.41, 5.74) is -0.302. The third-order valence-corrected chi connectivity index (χ3v) is 8.51. The Balaban J connectivity index is 1.21. The average Bonchev–Trinajstić information content (AvgIpc) is 2.82. The van der Waals surface area contributed by atoms with E-state index in [1.807, 2.05) is 0 Å². The van der Waals surface area contributed by atoms with Gasteiger partial charge in [0.25, 0.3) is 5.91 Å². The molecule has 4 saturated carbocycles. The molecule has 0 atom stereocenters. The van der Waals surface area contributed by atoms with Crippen molar-refractivity contribution in [3.05, 3.63) is 53.0 Å². The van der Waals surface area contributed by atoms with Gasteiger partial charge in [0, 0.05) is 12.1 Å². The number of benzene rings is 1. The van der Waals surface area contributed by atoms with Crippen molar-refractivity contribution in [2.45, 2.75) is 57.7 Å². The van der Waals surface area contributed by atoms with Gasteiger partial charge in [0.1, 0.15) is 12.1 Å². The Morgan fingerprint density at radius 1 is 1.00 bits per heavy atom. The van der Waals surface area contributed by atoms with Gasteiger partial charge in [-0.3, -0.25) is 9.59 Å². The third-order valence-electron chi connectivity index (χ3n) is 8.51. The number of hydrogen-bond acceptors (Lipinski definition) is 4. The third kappa shape index (κ3) is 3.89. The van der Waals surface area contributed by atoms with Gasteiger partial charge < -0.3 is 10.2 Å². The lowest BCUT2D eigenvalue weighted by molar-refractivity contribution is -0.140. The molecule has 0 unspecified atom stereocenters. The summed E-state index contributed by atoms with van der Waals surface area (Å²) in [6, 6.07) is 4.83. The van der Waals surface area contributed by atoms with Crippen LogP contribution in [0, 0.1) is 23.2 Å². The van der Waals surface area contributed by atoms with Crippen molar-refractivity contribution in [3.8, 4) is 0 Å². The highest BCUT2D eigenvalue weighted by Gasteiger charge is 2.54. The number of halogens is 3. The summed E-state index contributed by atoms with van der Waals surface area (Å²) in [5.74, 6) is 1.76. The highest BCUT2D eigenvalue weighted by Crippen LogP contribution is 2.60. The predicted molar refractivity (Wildman–Crippen MR) is 121 cm³/mol. The van der Waals surface area contributed by atoms with Gasteiger partial charge in [0.05, 0.1) is 28.8 Å². The molecule has 0 spiro atoms. The lowest BCUT2D eigenvalue weighted by Gasteiger charge is -2.55. The van der Waals surface area contributed by atoms with Gasteiger partial charge in [-0.25, -0.2) is 9.97 Å². The first-order valence-electron chi connectivity index (χ1n) is 12.3. The van der Waals surface area contributed by atoms with E-state index in [2.05, 4.69) is 15.3 Å². The van der Waals surface area contributed by atoms with Crippen molar-refractivity contribution >= 4 is 17.6 Å². The normalized spacial score (nSPS) is 29.1. The number of fused-ring (bicyclic) bond motifs is 1. The number of nitrogens with zero attached hydrogens (tertiary/aromatic N) is 3. The van der Waals surface area contributed by atoms with Crippen molar-refractivity contribution < 1.29 is 22.8 Å². The largest absolute Gasteiger partial charge is 0.417 e. The topological polar surface area (TPSA) is 75.2 Å². The standard InChI is InChI=1S/C26H27F3N4O2/c27-26(28,29)20-4-2-1-3-18(20)23(34)33-6-5-19-21(13-33)30-14-31-22(19)32-24(35)25-10-15-7-16(11-25)9-17(8-15)12-25/h1-4,14-17H,5-13H2,(H,30,31,32,35). The van der Waals surface area contributed by atoms with E-state index in [1.165, 1.54) is 48.7 Å². The van der Waals surface area contributed by atoms with Crippen molar-refractivity contribution in [2.75, 3.05) is 11.9 Å². The first-order chi connectivity index (χ1) is 16.7. The fourth-order valence-electron chi connectivity index (χ4n) is 7.35. The molecule has 9 heteroatoms. The summed E-state index contributed by atoms with van der Waals surface area (Å²) >= 11 is 0. The van der Waals surface area contributed by atoms with Crippen LogP contribution in [-0.2, 0) is 23.9 Å². The van der Waals surface area contributed by atoms with Gasteiger partial charge in [-0.2, -0.15) is 13.2 Å². The molecule has 2 heterocycles. The number of alkyl halides is 3. The summed E-state index contributed by atoms with van der Waals surface area (Å²) in [6.45, 7) is 0.300. The second kappa shape index (κ2) is 8.03. The summed E-state index contributed by atoms with van der Waals surface area (Å²) < 4.78 is 40.3. The van der Waals surface area contributed by atoms with Crippen LogP contribution in [0.5, 0.6) is 0 Å². The van der Waals surface area contributed by atoms with Crippen LogP contribution in [0.15, 0.2) is 30.6 Å². The molecule has 5 aliphatic rings. The zero-order valence-corrected chi connectivity index (χ0v) is 19.3. The van der Waals surface area contributed by atoms with Crippen LogP contribution in [0.4, 0.5) is 19.0 Å². The molecule has 184 valence electrons. The average molecular weight is 485 g/mol. The lowest BCUT2D eigenvalue weighted by atomic mass is 9.49. The van der Waals surface area contributed by atoms with Crippen molar-refractivity contribution in [1.82, 2.24) is 14.9 Å². The Bertz CT molecular complexity index is 1160. The molecule has 35 heavy (non-hydrogen) atoms. The molecular weight excluding hydrogens is 457 g/mol. The highest BCUT2D eigenvalue weighted by atomic mass is 19.4. The van der Waals surface area contributed by atoms with E-state index in [-0.39, 0.29) is 30.0 Å². The molecule has 0 saturated heterocycles. The Kier molecular flexibility index (Phi) is 5.16. The van der Waals surface area contributed by atoms with Gasteiger partial charge in [-0.05, 0) is 74.8 Å². The number of carbonyl (C=O) groups excluding carboxylic acids is 2. The summed E-state index contributed by atoms with van der Waals surface area (Å²) in [7, 11) is 0. The maximum Gasteiger partial charge on any atom is 0.417 e. The second-order valence-corrected chi connectivity index (χ2v) is 10.8. The lowest BCUT2D eigenvalue weighted by Crippen LogP contribution is -2.52. The van der Waals surface area contributed by atoms with Crippen molar-refractivity contribution in [1.29, 1.82) is 0 Å². The molecule has 4 bridgehead atoms. The number of aromatic nitrogens is 2. The summed E-state index contributed by atoms with van der Waals surface area (Å²) in [5, 5.41) is 3.09. The Morgan fingerprint density at radius 3 is 2.31 bits per heavy atom. The van der Waals surface area contributed by atoms with Gasteiger partial charge in [0.15, 0.2) is 0 Å². The number of amides is 2. The van der Waals surface area contributed by atoms with Crippen LogP contribution in [-0.4, -0.2) is 33.2 Å². The quantitative estimate of drug-likeness (QED) is 0.676. The van der Waals surface area contributed by atoms with E-state index in [0.717, 1.165) is 30.9 Å². The smallest absolute Gasteiger partial charge is 0.332 e. The molecule has 1 aliphatic heterocycles. The van der Waals surface area contributed by atoms with Crippen LogP contribution in [0.1, 0.15) is 65.7 Å². The first-order valence-corrected chi connectivity index (χ1v) is 12.3. The van der Waals surface area contributed by atoms with Crippen LogP contribution in [0.25, 0.3) is 0 Å². The summed E-state index contributed by atoms with van der Waals surface area (Å²) in [6.07, 6.45) is 3.68. The van der Waals surface area contributed by atoms with E-state index < -0.39 is 17.6 Å². The van der Waals surface area contributed by atoms with Crippen LogP contribution in [0.3, 0.4) is 0 Å². The molecule has 2 aromatic rings. The fourth-order valence-corrected chi connectivity index (χ4v) is 7.35. The van der Waals surface area contributed by atoms with Crippen LogP contribution in [0.2, 0.25) is 0 Å². The summed E-state index contributed by atoms with van der Waals surface area (Å²) in [4.78, 5) is 36.5. The SMILES string of the molecule is O=C(c1ccccc1C(F)(F)F)N1CCc2c(ncnc2NC(=O)C23CC4CC(CC(C4)C2)C3)C1. The minimum absolute atomic E-state index is 0.0371. The molecule has 1 aromatic carbocycles. The van der Waals surface area contributed by atoms with Gasteiger partial charge in [0.2, 0.25) is 5.91 Å². The molecule has 4 fully saturated rings. The number of carbonyl (C=O) groups is 2. The number of rotatable bonds is 3. The molecule has 0 radical (unpaired) electrons. The number of hydrogen-bond donors (Lipinski definition) is 1. The monoisotopic (exact) mass is 484 g/mol. The van der Waals surface area contributed by atoms with Gasteiger partial charge in [-0.1, -0.05) is 12.1 Å². The minimum Gasteiger partial charge on any atom is -0.332 e. The molecular formula is C26H27F3N4O2.